The van der Waals surface area contributed by atoms with Crippen LogP contribution >= 0.6 is 0 Å². The molecule has 3 heterocycles. The van der Waals surface area contributed by atoms with Gasteiger partial charge in [0.25, 0.3) is 0 Å². The first-order valence-electron chi connectivity index (χ1n) is 15.4. The number of hydrogen-bond acceptors (Lipinski definition) is 5. The molecule has 2 aromatic carbocycles. The molecule has 228 valence electrons. The number of aryl methyl sites for hydroxylation is 1. The number of nitrogens with zero attached hydrogens (tertiary/aromatic N) is 1. The second kappa shape index (κ2) is 13.2. The van der Waals surface area contributed by atoms with Gasteiger partial charge in [-0.05, 0) is 98.7 Å². The number of aliphatic hydroxyl groups is 1. The molecule has 9 heteroatoms. The summed E-state index contributed by atoms with van der Waals surface area (Å²) in [6.07, 6.45) is 4.37. The minimum Gasteiger partial charge on any atom is -0.390 e. The number of piperidine rings is 3. The van der Waals surface area contributed by atoms with Crippen LogP contribution < -0.4 is 16.4 Å². The molecular weight excluding hydrogens is 538 g/mol. The maximum absolute atomic E-state index is 14.0. The number of primary amides is 1. The zero-order chi connectivity index (χ0) is 29.9. The predicted molar refractivity (Wildman–Crippen MR) is 157 cm³/mol. The van der Waals surface area contributed by atoms with E-state index >= 15 is 0 Å². The largest absolute Gasteiger partial charge is 0.390 e. The molecule has 4 atom stereocenters. The molecule has 4 aliphatic rings. The zero-order valence-corrected chi connectivity index (χ0v) is 24.5. The summed E-state index contributed by atoms with van der Waals surface area (Å²) in [4.78, 5) is 28.0. The van der Waals surface area contributed by atoms with E-state index in [0.717, 1.165) is 57.8 Å². The Labute approximate surface area is 247 Å². The van der Waals surface area contributed by atoms with Gasteiger partial charge < -0.3 is 26.4 Å². The number of fused-ring (bicyclic) bond motifs is 3. The lowest BCUT2D eigenvalue weighted by atomic mass is 9.71. The van der Waals surface area contributed by atoms with Gasteiger partial charge in [-0.3, -0.25) is 9.59 Å². The molecule has 2 bridgehead atoms. The number of nitrogens with one attached hydrogen (secondary N) is 2. The standard InChI is InChI=1S/C33H44F2N4O3/c1-2-21-4-3-5-24(14-21)33(10-11-33)37-19-30(40)29(17-22-15-25(34)18-26(35)16-22)38-31(41)7-6-27(32(36)42)28-20-39-12-8-23(28)9-13-39/h3-5,14-16,18,23,27-30,37,40H,2,6-13,17,19-20H2,1H3,(H2,36,42)(H,38,41)/t27?,28-,29+,30-/m1/s1. The maximum Gasteiger partial charge on any atom is 0.220 e. The van der Waals surface area contributed by atoms with E-state index in [1.165, 1.54) is 23.3 Å². The first kappa shape index (κ1) is 30.6. The number of aliphatic hydroxyl groups excluding tert-OH is 1. The van der Waals surface area contributed by atoms with Crippen molar-refractivity contribution in [1.29, 1.82) is 0 Å². The van der Waals surface area contributed by atoms with Gasteiger partial charge in [0.1, 0.15) is 11.6 Å². The average Bonchev–Trinajstić information content (AvgIpc) is 3.77. The minimum absolute atomic E-state index is 0.0560. The van der Waals surface area contributed by atoms with E-state index in [1.807, 2.05) is 6.07 Å². The Morgan fingerprint density at radius 2 is 1.81 bits per heavy atom. The number of nitrogens with two attached hydrogens (primary N) is 1. The van der Waals surface area contributed by atoms with Gasteiger partial charge in [-0.15, -0.1) is 0 Å². The van der Waals surface area contributed by atoms with Crippen LogP contribution in [-0.4, -0.2) is 60.1 Å². The van der Waals surface area contributed by atoms with E-state index in [4.69, 9.17) is 5.73 Å². The smallest absolute Gasteiger partial charge is 0.220 e. The Bertz CT molecular complexity index is 1240. The Kier molecular flexibility index (Phi) is 9.60. The van der Waals surface area contributed by atoms with Gasteiger partial charge in [0.2, 0.25) is 11.8 Å². The van der Waals surface area contributed by atoms with E-state index in [0.29, 0.717) is 17.9 Å². The van der Waals surface area contributed by atoms with Crippen molar-refractivity contribution < 1.29 is 23.5 Å². The summed E-state index contributed by atoms with van der Waals surface area (Å²) in [5, 5.41) is 17.7. The summed E-state index contributed by atoms with van der Waals surface area (Å²) >= 11 is 0. The quantitative estimate of drug-likeness (QED) is 0.273. The highest BCUT2D eigenvalue weighted by atomic mass is 19.1. The number of hydrogen-bond donors (Lipinski definition) is 4. The normalized spacial score (nSPS) is 24.5. The number of halogens is 2. The van der Waals surface area contributed by atoms with Gasteiger partial charge in [0.15, 0.2) is 0 Å². The maximum atomic E-state index is 14.0. The Balaban J connectivity index is 1.24. The van der Waals surface area contributed by atoms with Gasteiger partial charge in [-0.2, -0.15) is 0 Å². The Hall–Kier alpha value is -2.88. The van der Waals surface area contributed by atoms with Crippen LogP contribution in [0.1, 0.15) is 62.1 Å². The topological polar surface area (TPSA) is 108 Å². The van der Waals surface area contributed by atoms with Crippen LogP contribution in [-0.2, 0) is 28.0 Å². The molecule has 0 spiro atoms. The van der Waals surface area contributed by atoms with E-state index in [2.05, 4.69) is 40.7 Å². The molecule has 42 heavy (non-hydrogen) atoms. The van der Waals surface area contributed by atoms with Crippen molar-refractivity contribution in [3.8, 4) is 0 Å². The van der Waals surface area contributed by atoms with Crippen LogP contribution in [0.3, 0.4) is 0 Å². The molecule has 1 aliphatic carbocycles. The van der Waals surface area contributed by atoms with Crippen molar-refractivity contribution in [3.63, 3.8) is 0 Å². The Morgan fingerprint density at radius 1 is 1.10 bits per heavy atom. The van der Waals surface area contributed by atoms with Crippen molar-refractivity contribution in [3.05, 3.63) is 70.8 Å². The van der Waals surface area contributed by atoms with Gasteiger partial charge in [-0.1, -0.05) is 31.2 Å². The summed E-state index contributed by atoms with van der Waals surface area (Å²) in [5.74, 6) is -1.90. The van der Waals surface area contributed by atoms with E-state index in [-0.39, 0.29) is 48.6 Å². The molecule has 1 saturated carbocycles. The molecular formula is C33H44F2N4O3. The fraction of sp³-hybridized carbons (Fsp3) is 0.576. The summed E-state index contributed by atoms with van der Waals surface area (Å²) < 4.78 is 28.0. The summed E-state index contributed by atoms with van der Waals surface area (Å²) in [6, 6.07) is 10.9. The van der Waals surface area contributed by atoms with Gasteiger partial charge in [-0.25, -0.2) is 8.78 Å². The lowest BCUT2D eigenvalue weighted by molar-refractivity contribution is -0.128. The molecule has 3 saturated heterocycles. The second-order valence-corrected chi connectivity index (χ2v) is 12.6. The molecule has 6 rings (SSSR count). The lowest BCUT2D eigenvalue weighted by Crippen LogP contribution is -2.52. The number of amides is 2. The highest BCUT2D eigenvalue weighted by Gasteiger charge is 2.44. The minimum atomic E-state index is -1.01. The first-order chi connectivity index (χ1) is 20.2. The number of benzene rings is 2. The third kappa shape index (κ3) is 7.36. The number of carbonyl (C=O) groups excluding carboxylic acids is 2. The molecule has 0 aromatic heterocycles. The van der Waals surface area contributed by atoms with Gasteiger partial charge in [0, 0.05) is 37.0 Å². The van der Waals surface area contributed by atoms with E-state index in [9.17, 15) is 23.5 Å². The van der Waals surface area contributed by atoms with Crippen LogP contribution in [0.4, 0.5) is 8.78 Å². The third-order valence-electron chi connectivity index (χ3n) is 9.75. The fourth-order valence-corrected chi connectivity index (χ4v) is 7.09. The van der Waals surface area contributed by atoms with Gasteiger partial charge >= 0.3 is 0 Å². The molecule has 5 N–H and O–H groups in total. The SMILES string of the molecule is CCc1cccc(C2(NC[C@@H](O)[C@H](Cc3cc(F)cc(F)c3)NC(=O)CCC(C(N)=O)[C@@H]3CN4CCC3CC4)CC2)c1. The molecule has 3 aliphatic heterocycles. The zero-order valence-electron chi connectivity index (χ0n) is 24.5. The highest BCUT2D eigenvalue weighted by Crippen LogP contribution is 2.45. The van der Waals surface area contributed by atoms with E-state index in [1.54, 1.807) is 0 Å². The number of rotatable bonds is 14. The molecule has 2 amide bonds. The Morgan fingerprint density at radius 3 is 2.40 bits per heavy atom. The molecule has 7 nitrogen and oxygen atoms in total. The van der Waals surface area contributed by atoms with Crippen LogP contribution in [0.25, 0.3) is 0 Å². The van der Waals surface area contributed by atoms with Crippen molar-refractivity contribution in [2.24, 2.45) is 23.5 Å². The predicted octanol–water partition coefficient (Wildman–Crippen LogP) is 3.42. The van der Waals surface area contributed by atoms with Crippen LogP contribution in [0.5, 0.6) is 0 Å². The third-order valence-corrected chi connectivity index (χ3v) is 9.75. The van der Waals surface area contributed by atoms with Crippen molar-refractivity contribution in [2.75, 3.05) is 26.2 Å². The molecule has 1 unspecified atom stereocenters. The van der Waals surface area contributed by atoms with Crippen molar-refractivity contribution in [1.82, 2.24) is 15.5 Å². The molecule has 0 radical (unpaired) electrons. The second-order valence-electron chi connectivity index (χ2n) is 12.6. The molecule has 4 fully saturated rings. The fourth-order valence-electron chi connectivity index (χ4n) is 7.09. The summed E-state index contributed by atoms with van der Waals surface area (Å²) in [5.41, 5.74) is 8.34. The van der Waals surface area contributed by atoms with Crippen molar-refractivity contribution >= 4 is 11.8 Å². The van der Waals surface area contributed by atoms with Crippen LogP contribution in [0.15, 0.2) is 42.5 Å². The van der Waals surface area contributed by atoms with Crippen LogP contribution in [0.2, 0.25) is 0 Å². The van der Waals surface area contributed by atoms with Gasteiger partial charge in [0.05, 0.1) is 12.1 Å². The van der Waals surface area contributed by atoms with Crippen molar-refractivity contribution in [2.45, 2.75) is 76.0 Å². The van der Waals surface area contributed by atoms with Crippen LogP contribution in [0, 0.1) is 29.4 Å². The lowest BCUT2D eigenvalue weighted by Gasteiger charge is -2.47. The summed E-state index contributed by atoms with van der Waals surface area (Å²) in [7, 11) is 0. The molecule has 2 aromatic rings. The van der Waals surface area contributed by atoms with E-state index < -0.39 is 23.8 Å². The monoisotopic (exact) mass is 582 g/mol. The number of carbonyl (C=O) groups is 2. The summed E-state index contributed by atoms with van der Waals surface area (Å²) in [6.45, 7) is 5.24. The average molecular weight is 583 g/mol. The highest BCUT2D eigenvalue weighted by molar-refractivity contribution is 5.80. The first-order valence-corrected chi connectivity index (χ1v) is 15.4.